The molecule has 0 N–H and O–H groups in total. The van der Waals surface area contributed by atoms with Crippen LogP contribution in [0.25, 0.3) is 5.69 Å². The van der Waals surface area contributed by atoms with Gasteiger partial charge in [-0.1, -0.05) is 25.1 Å². The maximum atomic E-state index is 6.18. The van der Waals surface area contributed by atoms with E-state index in [4.69, 9.17) is 11.6 Å². The van der Waals surface area contributed by atoms with Crippen molar-refractivity contribution in [3.05, 3.63) is 36.2 Å². The maximum absolute atomic E-state index is 6.18. The van der Waals surface area contributed by atoms with Gasteiger partial charge in [0.1, 0.15) is 0 Å². The number of hydrogen-bond donors (Lipinski definition) is 0. The van der Waals surface area contributed by atoms with Crippen LogP contribution in [-0.2, 0) is 6.42 Å². The number of alkyl halides is 1. The standard InChI is InChI=1S/C14H17ClN4/c1-14(10-15,11-7-8-11)9-13-16-17-18-19(13)12-5-3-2-4-6-12/h2-6,11H,7-10H2,1H3. The zero-order chi connectivity index (χ0) is 13.3. The minimum atomic E-state index is 0.1000. The van der Waals surface area contributed by atoms with Crippen molar-refractivity contribution in [3.8, 4) is 5.69 Å². The van der Waals surface area contributed by atoms with Crippen molar-refractivity contribution in [2.75, 3.05) is 5.88 Å². The van der Waals surface area contributed by atoms with Crippen LogP contribution < -0.4 is 0 Å². The minimum absolute atomic E-state index is 0.1000. The zero-order valence-corrected chi connectivity index (χ0v) is 11.7. The number of aromatic nitrogens is 4. The minimum Gasteiger partial charge on any atom is -0.197 e. The lowest BCUT2D eigenvalue weighted by Gasteiger charge is -2.26. The van der Waals surface area contributed by atoms with Gasteiger partial charge < -0.3 is 0 Å². The Morgan fingerprint density at radius 1 is 1.32 bits per heavy atom. The molecule has 1 atom stereocenters. The highest BCUT2D eigenvalue weighted by Crippen LogP contribution is 2.47. The van der Waals surface area contributed by atoms with E-state index in [9.17, 15) is 0 Å². The summed E-state index contributed by atoms with van der Waals surface area (Å²) in [6, 6.07) is 9.98. The lowest BCUT2D eigenvalue weighted by molar-refractivity contribution is 0.304. The third-order valence-corrected chi connectivity index (χ3v) is 4.58. The fourth-order valence-electron chi connectivity index (χ4n) is 2.53. The van der Waals surface area contributed by atoms with Crippen molar-refractivity contribution in [2.45, 2.75) is 26.2 Å². The van der Waals surface area contributed by atoms with Crippen molar-refractivity contribution in [2.24, 2.45) is 11.3 Å². The summed E-state index contributed by atoms with van der Waals surface area (Å²) in [5.41, 5.74) is 1.10. The molecule has 19 heavy (non-hydrogen) atoms. The number of benzene rings is 1. The Labute approximate surface area is 117 Å². The molecule has 0 saturated heterocycles. The third kappa shape index (κ3) is 2.50. The van der Waals surface area contributed by atoms with Gasteiger partial charge in [-0.15, -0.1) is 16.7 Å². The van der Waals surface area contributed by atoms with Gasteiger partial charge in [-0.25, -0.2) is 0 Å². The molecule has 1 aliphatic carbocycles. The van der Waals surface area contributed by atoms with Gasteiger partial charge in [-0.05, 0) is 46.7 Å². The summed E-state index contributed by atoms with van der Waals surface area (Å²) in [7, 11) is 0. The molecule has 100 valence electrons. The topological polar surface area (TPSA) is 43.6 Å². The smallest absolute Gasteiger partial charge is 0.157 e. The van der Waals surface area contributed by atoms with Gasteiger partial charge in [0.15, 0.2) is 5.82 Å². The molecule has 5 heteroatoms. The Morgan fingerprint density at radius 3 is 2.68 bits per heavy atom. The van der Waals surface area contributed by atoms with Crippen LogP contribution in [0.4, 0.5) is 0 Å². The molecular formula is C14H17ClN4. The van der Waals surface area contributed by atoms with Crippen LogP contribution in [0.3, 0.4) is 0 Å². The van der Waals surface area contributed by atoms with Gasteiger partial charge in [0, 0.05) is 12.3 Å². The van der Waals surface area contributed by atoms with E-state index in [1.54, 1.807) is 0 Å². The predicted octanol–water partition coefficient (Wildman–Crippen LogP) is 2.86. The molecule has 1 saturated carbocycles. The second-order valence-electron chi connectivity index (χ2n) is 5.58. The number of rotatable bonds is 5. The number of tetrazole rings is 1. The molecule has 0 bridgehead atoms. The molecule has 1 fully saturated rings. The van der Waals surface area contributed by atoms with Crippen molar-refractivity contribution >= 4 is 11.6 Å². The zero-order valence-electron chi connectivity index (χ0n) is 11.0. The van der Waals surface area contributed by atoms with E-state index in [2.05, 4.69) is 22.4 Å². The van der Waals surface area contributed by atoms with E-state index in [0.717, 1.165) is 17.9 Å². The normalized spacial score (nSPS) is 18.2. The highest BCUT2D eigenvalue weighted by atomic mass is 35.5. The summed E-state index contributed by atoms with van der Waals surface area (Å²) in [6.45, 7) is 2.24. The summed E-state index contributed by atoms with van der Waals surface area (Å²) >= 11 is 6.18. The fraction of sp³-hybridized carbons (Fsp3) is 0.500. The molecule has 0 amide bonds. The molecule has 0 radical (unpaired) electrons. The second kappa shape index (κ2) is 4.93. The molecule has 0 aliphatic heterocycles. The van der Waals surface area contributed by atoms with Gasteiger partial charge in [0.05, 0.1) is 5.69 Å². The van der Waals surface area contributed by atoms with E-state index in [0.29, 0.717) is 11.8 Å². The Kier molecular flexibility index (Phi) is 3.27. The van der Waals surface area contributed by atoms with Crippen molar-refractivity contribution < 1.29 is 0 Å². The molecule has 1 aliphatic rings. The summed E-state index contributed by atoms with van der Waals surface area (Å²) in [5, 5.41) is 12.1. The Morgan fingerprint density at radius 2 is 2.05 bits per heavy atom. The van der Waals surface area contributed by atoms with Crippen LogP contribution >= 0.6 is 11.6 Å². The van der Waals surface area contributed by atoms with Gasteiger partial charge in [0.25, 0.3) is 0 Å². The molecule has 3 rings (SSSR count). The molecule has 2 aromatic rings. The quantitative estimate of drug-likeness (QED) is 0.789. The van der Waals surface area contributed by atoms with Gasteiger partial charge in [-0.2, -0.15) is 4.68 Å². The van der Waals surface area contributed by atoms with E-state index in [-0.39, 0.29) is 5.41 Å². The predicted molar refractivity (Wildman–Crippen MR) is 74.4 cm³/mol. The Bertz CT molecular complexity index is 550. The highest BCUT2D eigenvalue weighted by Gasteiger charge is 2.42. The molecule has 1 aromatic heterocycles. The number of para-hydroxylation sites is 1. The molecular weight excluding hydrogens is 260 g/mol. The van der Waals surface area contributed by atoms with Crippen LogP contribution in [0.1, 0.15) is 25.6 Å². The van der Waals surface area contributed by atoms with Crippen LogP contribution in [-0.4, -0.2) is 26.1 Å². The third-order valence-electron chi connectivity index (χ3n) is 3.97. The molecule has 1 aromatic carbocycles. The van der Waals surface area contributed by atoms with Gasteiger partial charge >= 0.3 is 0 Å². The van der Waals surface area contributed by atoms with E-state index in [1.807, 2.05) is 35.0 Å². The van der Waals surface area contributed by atoms with Crippen molar-refractivity contribution in [1.29, 1.82) is 0 Å². The molecule has 1 unspecified atom stereocenters. The van der Waals surface area contributed by atoms with E-state index < -0.39 is 0 Å². The van der Waals surface area contributed by atoms with Crippen molar-refractivity contribution in [1.82, 2.24) is 20.2 Å². The Balaban J connectivity index is 1.88. The SMILES string of the molecule is CC(CCl)(Cc1nnnn1-c1ccccc1)C1CC1. The fourth-order valence-corrected chi connectivity index (χ4v) is 2.84. The first kappa shape index (κ1) is 12.6. The first-order valence-corrected chi connectivity index (χ1v) is 7.15. The summed E-state index contributed by atoms with van der Waals surface area (Å²) in [5.74, 6) is 2.26. The average Bonchev–Trinajstić information content (AvgIpc) is 3.21. The summed E-state index contributed by atoms with van der Waals surface area (Å²) < 4.78 is 1.81. The van der Waals surface area contributed by atoms with Gasteiger partial charge in [0.2, 0.25) is 0 Å². The monoisotopic (exact) mass is 276 g/mol. The van der Waals surface area contributed by atoms with Crippen LogP contribution in [0.15, 0.2) is 30.3 Å². The lowest BCUT2D eigenvalue weighted by Crippen LogP contribution is -2.26. The average molecular weight is 277 g/mol. The largest absolute Gasteiger partial charge is 0.197 e. The number of halogens is 1. The van der Waals surface area contributed by atoms with Gasteiger partial charge in [-0.3, -0.25) is 0 Å². The summed E-state index contributed by atoms with van der Waals surface area (Å²) in [6.07, 6.45) is 3.37. The van der Waals surface area contributed by atoms with Crippen LogP contribution in [0.2, 0.25) is 0 Å². The van der Waals surface area contributed by atoms with Crippen molar-refractivity contribution in [3.63, 3.8) is 0 Å². The van der Waals surface area contributed by atoms with Crippen LogP contribution in [0, 0.1) is 11.3 Å². The first-order chi connectivity index (χ1) is 9.23. The number of nitrogens with zero attached hydrogens (tertiary/aromatic N) is 4. The second-order valence-corrected chi connectivity index (χ2v) is 5.85. The lowest BCUT2D eigenvalue weighted by atomic mass is 9.83. The number of hydrogen-bond acceptors (Lipinski definition) is 3. The molecule has 4 nitrogen and oxygen atoms in total. The first-order valence-electron chi connectivity index (χ1n) is 6.61. The molecule has 0 spiro atoms. The highest BCUT2D eigenvalue weighted by molar-refractivity contribution is 6.18. The van der Waals surface area contributed by atoms with E-state index in [1.165, 1.54) is 12.8 Å². The van der Waals surface area contributed by atoms with E-state index >= 15 is 0 Å². The summed E-state index contributed by atoms with van der Waals surface area (Å²) in [4.78, 5) is 0. The van der Waals surface area contributed by atoms with Crippen LogP contribution in [0.5, 0.6) is 0 Å². The Hall–Kier alpha value is -1.42. The maximum Gasteiger partial charge on any atom is 0.157 e. The molecule has 1 heterocycles.